The Balaban J connectivity index is 2.07. The van der Waals surface area contributed by atoms with E-state index in [2.05, 4.69) is 10.6 Å². The van der Waals surface area contributed by atoms with Gasteiger partial charge in [-0.3, -0.25) is 4.79 Å². The minimum atomic E-state index is -0.101. The van der Waals surface area contributed by atoms with E-state index in [0.717, 1.165) is 42.6 Å². The average molecular weight is 262 g/mol. The number of carbonyl (C=O) groups excluding carboxylic acids is 1. The fourth-order valence-electron chi connectivity index (χ4n) is 2.41. The number of hydrogen-bond acceptors (Lipinski definition) is 3. The number of phenols is 1. The minimum Gasteiger partial charge on any atom is -0.508 e. The van der Waals surface area contributed by atoms with Gasteiger partial charge in [0, 0.05) is 5.69 Å². The number of phenolic OH excluding ortho intramolecular Hbond substituents is 1. The largest absolute Gasteiger partial charge is 0.508 e. The molecule has 1 atom stereocenters. The second-order valence-electron chi connectivity index (χ2n) is 5.30. The molecule has 0 saturated carbocycles. The lowest BCUT2D eigenvalue weighted by atomic mass is 10.1. The molecule has 1 fully saturated rings. The van der Waals surface area contributed by atoms with Gasteiger partial charge in [0.2, 0.25) is 5.91 Å². The molecule has 0 aromatic heterocycles. The average Bonchev–Trinajstić information content (AvgIpc) is 2.64. The van der Waals surface area contributed by atoms with Crippen molar-refractivity contribution in [1.82, 2.24) is 5.32 Å². The van der Waals surface area contributed by atoms with E-state index >= 15 is 0 Å². The van der Waals surface area contributed by atoms with E-state index in [0.29, 0.717) is 0 Å². The Kier molecular flexibility index (Phi) is 4.43. The van der Waals surface area contributed by atoms with Crippen LogP contribution < -0.4 is 10.6 Å². The predicted molar refractivity (Wildman–Crippen MR) is 76.5 cm³/mol. The van der Waals surface area contributed by atoms with Crippen LogP contribution in [0.3, 0.4) is 0 Å². The zero-order valence-electron chi connectivity index (χ0n) is 11.6. The molecule has 19 heavy (non-hydrogen) atoms. The number of aromatic hydroxyl groups is 1. The zero-order chi connectivity index (χ0) is 13.8. The van der Waals surface area contributed by atoms with Crippen molar-refractivity contribution in [2.75, 3.05) is 11.9 Å². The van der Waals surface area contributed by atoms with Crippen LogP contribution in [0.2, 0.25) is 0 Å². The van der Waals surface area contributed by atoms with Crippen LogP contribution in [0.5, 0.6) is 5.75 Å². The molecule has 0 aliphatic carbocycles. The molecule has 4 nitrogen and oxygen atoms in total. The Labute approximate surface area is 114 Å². The lowest BCUT2D eigenvalue weighted by Crippen LogP contribution is -2.40. The fraction of sp³-hybridized carbons (Fsp3) is 0.533. The number of rotatable bonds is 2. The molecule has 1 aliphatic heterocycles. The van der Waals surface area contributed by atoms with E-state index < -0.39 is 0 Å². The van der Waals surface area contributed by atoms with Crippen LogP contribution in [0.1, 0.15) is 36.8 Å². The molecule has 1 heterocycles. The van der Waals surface area contributed by atoms with E-state index in [1.54, 1.807) is 6.07 Å². The molecular formula is C15H22N2O2. The van der Waals surface area contributed by atoms with Crippen LogP contribution in [-0.4, -0.2) is 23.6 Å². The summed E-state index contributed by atoms with van der Waals surface area (Å²) in [6.07, 6.45) is 4.32. The van der Waals surface area contributed by atoms with Gasteiger partial charge in [0.25, 0.3) is 0 Å². The smallest absolute Gasteiger partial charge is 0.241 e. The standard InChI is InChI=1S/C15H22N2O2/c1-10-9-14(18)11(2)8-13(10)17-15(19)12-6-4-3-5-7-16-12/h8-9,12,16,18H,3-7H2,1-2H3,(H,17,19). The molecule has 1 aliphatic rings. The Hall–Kier alpha value is -1.55. The van der Waals surface area contributed by atoms with Gasteiger partial charge in [-0.1, -0.05) is 12.8 Å². The van der Waals surface area contributed by atoms with E-state index in [9.17, 15) is 9.90 Å². The summed E-state index contributed by atoms with van der Waals surface area (Å²) in [5, 5.41) is 15.9. The molecule has 3 N–H and O–H groups in total. The van der Waals surface area contributed by atoms with Crippen molar-refractivity contribution in [3.63, 3.8) is 0 Å². The Morgan fingerprint density at radius 1 is 1.26 bits per heavy atom. The summed E-state index contributed by atoms with van der Waals surface area (Å²) < 4.78 is 0. The molecule has 1 saturated heterocycles. The normalized spacial score (nSPS) is 19.8. The Bertz CT molecular complexity index is 463. The van der Waals surface area contributed by atoms with E-state index in [4.69, 9.17) is 0 Å². The van der Waals surface area contributed by atoms with Gasteiger partial charge in [0.1, 0.15) is 5.75 Å². The molecule has 1 aromatic carbocycles. The molecule has 104 valence electrons. The summed E-state index contributed by atoms with van der Waals surface area (Å²) in [5.74, 6) is 0.290. The monoisotopic (exact) mass is 262 g/mol. The van der Waals surface area contributed by atoms with Crippen molar-refractivity contribution in [3.05, 3.63) is 23.3 Å². The van der Waals surface area contributed by atoms with Crippen molar-refractivity contribution >= 4 is 11.6 Å². The molecule has 0 bridgehead atoms. The van der Waals surface area contributed by atoms with Gasteiger partial charge in [0.15, 0.2) is 0 Å². The number of carbonyl (C=O) groups is 1. The third kappa shape index (κ3) is 3.47. The molecule has 0 radical (unpaired) electrons. The van der Waals surface area contributed by atoms with Gasteiger partial charge in [-0.25, -0.2) is 0 Å². The molecular weight excluding hydrogens is 240 g/mol. The van der Waals surface area contributed by atoms with Crippen molar-refractivity contribution in [2.24, 2.45) is 0 Å². The van der Waals surface area contributed by atoms with Gasteiger partial charge in [0.05, 0.1) is 6.04 Å². The first-order valence-corrected chi connectivity index (χ1v) is 6.92. The molecule has 2 rings (SSSR count). The maximum Gasteiger partial charge on any atom is 0.241 e. The SMILES string of the molecule is Cc1cc(NC(=O)C2CCCCCN2)c(C)cc1O. The van der Waals surface area contributed by atoms with Crippen molar-refractivity contribution in [3.8, 4) is 5.75 Å². The van der Waals surface area contributed by atoms with Crippen molar-refractivity contribution < 1.29 is 9.90 Å². The molecule has 1 aromatic rings. The topological polar surface area (TPSA) is 61.4 Å². The zero-order valence-corrected chi connectivity index (χ0v) is 11.6. The van der Waals surface area contributed by atoms with Gasteiger partial charge < -0.3 is 15.7 Å². The molecule has 1 unspecified atom stereocenters. The van der Waals surface area contributed by atoms with Gasteiger partial charge in [-0.15, -0.1) is 0 Å². The van der Waals surface area contributed by atoms with E-state index in [1.807, 2.05) is 19.9 Å². The van der Waals surface area contributed by atoms with Crippen LogP contribution in [0, 0.1) is 13.8 Å². The summed E-state index contributed by atoms with van der Waals surface area (Å²) >= 11 is 0. The highest BCUT2D eigenvalue weighted by molar-refractivity contribution is 5.95. The highest BCUT2D eigenvalue weighted by Crippen LogP contribution is 2.25. The van der Waals surface area contributed by atoms with Crippen LogP contribution >= 0.6 is 0 Å². The fourth-order valence-corrected chi connectivity index (χ4v) is 2.41. The summed E-state index contributed by atoms with van der Waals surface area (Å²) in [7, 11) is 0. The second-order valence-corrected chi connectivity index (χ2v) is 5.30. The molecule has 1 amide bonds. The quantitative estimate of drug-likeness (QED) is 0.718. The summed E-state index contributed by atoms with van der Waals surface area (Å²) in [6, 6.07) is 3.40. The number of hydrogen-bond donors (Lipinski definition) is 3. The van der Waals surface area contributed by atoms with E-state index in [1.165, 1.54) is 6.42 Å². The third-order valence-corrected chi connectivity index (χ3v) is 3.68. The summed E-state index contributed by atoms with van der Waals surface area (Å²) in [6.45, 7) is 4.62. The van der Waals surface area contributed by atoms with Crippen molar-refractivity contribution in [2.45, 2.75) is 45.6 Å². The molecule has 4 heteroatoms. The highest BCUT2D eigenvalue weighted by atomic mass is 16.3. The van der Waals surface area contributed by atoms with Crippen LogP contribution in [-0.2, 0) is 4.79 Å². The second kappa shape index (κ2) is 6.06. The predicted octanol–water partition coefficient (Wildman–Crippen LogP) is 2.48. The van der Waals surface area contributed by atoms with Crippen LogP contribution in [0.4, 0.5) is 5.69 Å². The van der Waals surface area contributed by atoms with Crippen LogP contribution in [0.25, 0.3) is 0 Å². The Morgan fingerprint density at radius 3 is 2.84 bits per heavy atom. The number of benzene rings is 1. The first-order chi connectivity index (χ1) is 9.08. The highest BCUT2D eigenvalue weighted by Gasteiger charge is 2.20. The first-order valence-electron chi connectivity index (χ1n) is 6.92. The Morgan fingerprint density at radius 2 is 2.05 bits per heavy atom. The number of anilines is 1. The summed E-state index contributed by atoms with van der Waals surface area (Å²) in [5.41, 5.74) is 2.44. The van der Waals surface area contributed by atoms with E-state index in [-0.39, 0.29) is 17.7 Å². The van der Waals surface area contributed by atoms with Crippen LogP contribution in [0.15, 0.2) is 12.1 Å². The van der Waals surface area contributed by atoms with Gasteiger partial charge in [-0.2, -0.15) is 0 Å². The number of amides is 1. The third-order valence-electron chi connectivity index (χ3n) is 3.68. The minimum absolute atomic E-state index is 0.0232. The first kappa shape index (κ1) is 13.9. The maximum absolute atomic E-state index is 12.2. The lowest BCUT2D eigenvalue weighted by Gasteiger charge is -2.17. The lowest BCUT2D eigenvalue weighted by molar-refractivity contribution is -0.118. The molecule has 0 spiro atoms. The number of nitrogens with one attached hydrogen (secondary N) is 2. The van der Waals surface area contributed by atoms with Crippen molar-refractivity contribution in [1.29, 1.82) is 0 Å². The maximum atomic E-state index is 12.2. The van der Waals surface area contributed by atoms with Gasteiger partial charge in [-0.05, 0) is 56.5 Å². The number of aryl methyl sites for hydroxylation is 2. The summed E-state index contributed by atoms with van der Waals surface area (Å²) in [4.78, 5) is 12.2. The van der Waals surface area contributed by atoms with Gasteiger partial charge >= 0.3 is 0 Å².